The summed E-state index contributed by atoms with van der Waals surface area (Å²) in [6.07, 6.45) is 5.78. The van der Waals surface area contributed by atoms with E-state index in [1.54, 1.807) is 12.4 Å². The summed E-state index contributed by atoms with van der Waals surface area (Å²) in [6.45, 7) is 6.47. The standard InChI is InChI=1S/C20H26N8O/c1-11-10-29-5-4-27(11)20-25-16(13-8-23-19(21)24-9-13)14-2-3-28(18(14)26-20)17-12-6-15(17)22-7-12/h8-9,11-12,15,17,22H,2-7,10H2,1H3,(H2,21,23,24)/t11-,12-,15-,17-/m0/s1. The van der Waals surface area contributed by atoms with Crippen molar-refractivity contribution < 1.29 is 4.74 Å². The molecule has 0 spiro atoms. The minimum absolute atomic E-state index is 0.244. The summed E-state index contributed by atoms with van der Waals surface area (Å²) in [6, 6.07) is 1.39. The van der Waals surface area contributed by atoms with Crippen LogP contribution >= 0.6 is 0 Å². The number of morpholine rings is 1. The Hall–Kier alpha value is -2.52. The number of nitrogen functional groups attached to an aromatic ring is 1. The first kappa shape index (κ1) is 17.3. The molecule has 4 fully saturated rings. The fourth-order valence-electron chi connectivity index (χ4n) is 5.33. The normalized spacial score (nSPS) is 30.4. The molecule has 4 atom stereocenters. The van der Waals surface area contributed by atoms with Crippen LogP contribution in [0.1, 0.15) is 18.9 Å². The maximum Gasteiger partial charge on any atom is 0.228 e. The molecular formula is C20H26N8O. The summed E-state index contributed by atoms with van der Waals surface area (Å²) >= 11 is 0. The fraction of sp³-hybridized carbons (Fsp3) is 0.600. The van der Waals surface area contributed by atoms with E-state index in [1.165, 1.54) is 12.0 Å². The smallest absolute Gasteiger partial charge is 0.228 e. The lowest BCUT2D eigenvalue weighted by molar-refractivity contribution is 0.0981. The van der Waals surface area contributed by atoms with Crippen LogP contribution in [-0.4, -0.2) is 70.9 Å². The number of ether oxygens (including phenoxy) is 1. The number of nitrogens with zero attached hydrogens (tertiary/aromatic N) is 6. The van der Waals surface area contributed by atoms with Crippen molar-refractivity contribution in [1.29, 1.82) is 0 Å². The molecule has 0 amide bonds. The lowest BCUT2D eigenvalue weighted by atomic mass is 9.79. The summed E-state index contributed by atoms with van der Waals surface area (Å²) < 4.78 is 5.63. The van der Waals surface area contributed by atoms with Gasteiger partial charge in [0, 0.05) is 55.2 Å². The van der Waals surface area contributed by atoms with E-state index in [-0.39, 0.29) is 12.0 Å². The summed E-state index contributed by atoms with van der Waals surface area (Å²) in [4.78, 5) is 23.3. The molecule has 0 aromatic carbocycles. The van der Waals surface area contributed by atoms with Gasteiger partial charge in [-0.15, -0.1) is 0 Å². The Balaban J connectivity index is 1.46. The van der Waals surface area contributed by atoms with Crippen LogP contribution < -0.4 is 20.9 Å². The predicted octanol–water partition coefficient (Wildman–Crippen LogP) is 0.464. The van der Waals surface area contributed by atoms with Crippen molar-refractivity contribution in [1.82, 2.24) is 25.3 Å². The van der Waals surface area contributed by atoms with Gasteiger partial charge in [-0.25, -0.2) is 15.0 Å². The zero-order chi connectivity index (χ0) is 19.5. The molecule has 2 bridgehead atoms. The highest BCUT2D eigenvalue weighted by atomic mass is 16.5. The van der Waals surface area contributed by atoms with Gasteiger partial charge in [0.2, 0.25) is 11.9 Å². The Labute approximate surface area is 169 Å². The molecule has 0 radical (unpaired) electrons. The van der Waals surface area contributed by atoms with Gasteiger partial charge in [0.15, 0.2) is 0 Å². The van der Waals surface area contributed by atoms with Crippen LogP contribution in [0.2, 0.25) is 0 Å². The molecule has 29 heavy (non-hydrogen) atoms. The number of fused-ring (bicyclic) bond motifs is 2. The minimum atomic E-state index is 0.244. The molecule has 2 aromatic rings. The van der Waals surface area contributed by atoms with E-state index in [4.69, 9.17) is 20.4 Å². The molecule has 5 aliphatic rings. The highest BCUT2D eigenvalue weighted by Gasteiger charge is 2.51. The van der Waals surface area contributed by atoms with Gasteiger partial charge < -0.3 is 25.6 Å². The molecular weight excluding hydrogens is 368 g/mol. The third kappa shape index (κ3) is 2.67. The molecule has 1 saturated carbocycles. The second kappa shape index (κ2) is 6.50. The molecule has 4 aliphatic heterocycles. The van der Waals surface area contributed by atoms with Crippen molar-refractivity contribution in [2.24, 2.45) is 5.92 Å². The van der Waals surface area contributed by atoms with Crippen LogP contribution in [0.4, 0.5) is 17.7 Å². The monoisotopic (exact) mass is 394 g/mol. The van der Waals surface area contributed by atoms with E-state index in [9.17, 15) is 0 Å². The largest absolute Gasteiger partial charge is 0.377 e. The van der Waals surface area contributed by atoms with Gasteiger partial charge in [0.05, 0.1) is 24.9 Å². The quantitative estimate of drug-likeness (QED) is 0.768. The van der Waals surface area contributed by atoms with Gasteiger partial charge in [0.1, 0.15) is 5.82 Å². The summed E-state index contributed by atoms with van der Waals surface area (Å²) in [5.74, 6) is 2.87. The van der Waals surface area contributed by atoms with Gasteiger partial charge in [-0.3, -0.25) is 0 Å². The van der Waals surface area contributed by atoms with Gasteiger partial charge in [-0.05, 0) is 25.7 Å². The zero-order valence-corrected chi connectivity index (χ0v) is 16.6. The van der Waals surface area contributed by atoms with E-state index >= 15 is 0 Å². The highest BCUT2D eigenvalue weighted by Crippen LogP contribution is 2.44. The van der Waals surface area contributed by atoms with Gasteiger partial charge >= 0.3 is 0 Å². The number of rotatable bonds is 3. The third-order valence-corrected chi connectivity index (χ3v) is 6.87. The number of nitrogens with one attached hydrogen (secondary N) is 1. The van der Waals surface area contributed by atoms with Crippen LogP contribution in [0.15, 0.2) is 12.4 Å². The van der Waals surface area contributed by atoms with Crippen LogP contribution in [0.3, 0.4) is 0 Å². The van der Waals surface area contributed by atoms with Crippen molar-refractivity contribution in [2.75, 3.05) is 48.4 Å². The van der Waals surface area contributed by atoms with Crippen LogP contribution in [0.5, 0.6) is 0 Å². The van der Waals surface area contributed by atoms with E-state index in [1.807, 2.05) is 0 Å². The molecule has 2 aromatic heterocycles. The Morgan fingerprint density at radius 2 is 2.03 bits per heavy atom. The maximum absolute atomic E-state index is 5.72. The lowest BCUT2D eigenvalue weighted by Crippen LogP contribution is -2.54. The van der Waals surface area contributed by atoms with Crippen LogP contribution in [0.25, 0.3) is 11.3 Å². The summed E-state index contributed by atoms with van der Waals surface area (Å²) in [5, 5.41) is 3.64. The first-order valence-corrected chi connectivity index (χ1v) is 10.5. The molecule has 0 unspecified atom stereocenters. The number of nitrogens with two attached hydrogens (primary N) is 1. The minimum Gasteiger partial charge on any atom is -0.377 e. The van der Waals surface area contributed by atoms with E-state index in [0.717, 1.165) is 55.0 Å². The SMILES string of the molecule is C[C@H]1COCCN1c1nc(-c2cnc(N)nc2)c2c(n1)N([C@H]1[C@@H]3CN[C@H]1C3)CC2. The van der Waals surface area contributed by atoms with E-state index in [0.29, 0.717) is 25.3 Å². The molecule has 152 valence electrons. The average molecular weight is 394 g/mol. The molecule has 1 aliphatic carbocycles. The van der Waals surface area contributed by atoms with Crippen molar-refractivity contribution in [2.45, 2.75) is 37.9 Å². The van der Waals surface area contributed by atoms with E-state index in [2.05, 4.69) is 32.0 Å². The summed E-state index contributed by atoms with van der Waals surface area (Å²) in [5.41, 5.74) is 8.75. The number of aromatic nitrogens is 4. The molecule has 9 heteroatoms. The van der Waals surface area contributed by atoms with Crippen LogP contribution in [0, 0.1) is 5.92 Å². The predicted molar refractivity (Wildman–Crippen MR) is 110 cm³/mol. The first-order chi connectivity index (χ1) is 14.2. The molecule has 3 N–H and O–H groups in total. The topological polar surface area (TPSA) is 105 Å². The van der Waals surface area contributed by atoms with Crippen molar-refractivity contribution in [3.63, 3.8) is 0 Å². The second-order valence-corrected chi connectivity index (χ2v) is 8.57. The maximum atomic E-state index is 5.72. The highest BCUT2D eigenvalue weighted by molar-refractivity contribution is 5.73. The lowest BCUT2D eigenvalue weighted by Gasteiger charge is -2.42. The van der Waals surface area contributed by atoms with Gasteiger partial charge in [-0.2, -0.15) is 4.98 Å². The van der Waals surface area contributed by atoms with Crippen molar-refractivity contribution in [3.05, 3.63) is 18.0 Å². The van der Waals surface area contributed by atoms with Gasteiger partial charge in [0.25, 0.3) is 0 Å². The Bertz CT molecular complexity index is 921. The number of anilines is 3. The average Bonchev–Trinajstić information content (AvgIpc) is 3.45. The number of hydrogen-bond acceptors (Lipinski definition) is 9. The van der Waals surface area contributed by atoms with E-state index < -0.39 is 0 Å². The van der Waals surface area contributed by atoms with Crippen molar-refractivity contribution >= 4 is 17.7 Å². The fourth-order valence-corrected chi connectivity index (χ4v) is 5.33. The molecule has 7 rings (SSSR count). The Kier molecular flexibility index (Phi) is 3.89. The molecule has 6 heterocycles. The van der Waals surface area contributed by atoms with Crippen molar-refractivity contribution in [3.8, 4) is 11.3 Å². The zero-order valence-electron chi connectivity index (χ0n) is 16.6. The molecule has 3 saturated heterocycles. The number of hydrogen-bond donors (Lipinski definition) is 2. The second-order valence-electron chi connectivity index (χ2n) is 8.57. The van der Waals surface area contributed by atoms with Crippen LogP contribution in [-0.2, 0) is 11.2 Å². The van der Waals surface area contributed by atoms with Gasteiger partial charge in [-0.1, -0.05) is 0 Å². The Morgan fingerprint density at radius 3 is 2.76 bits per heavy atom. The Morgan fingerprint density at radius 1 is 1.17 bits per heavy atom. The third-order valence-electron chi connectivity index (χ3n) is 6.87. The molecule has 9 nitrogen and oxygen atoms in total. The summed E-state index contributed by atoms with van der Waals surface area (Å²) in [7, 11) is 0. The first-order valence-electron chi connectivity index (χ1n) is 10.5.